The summed E-state index contributed by atoms with van der Waals surface area (Å²) < 4.78 is 0. The molecule has 0 rings (SSSR count). The molecule has 0 saturated carbocycles. The van der Waals surface area contributed by atoms with Gasteiger partial charge in [-0.15, -0.1) is 0 Å². The van der Waals surface area contributed by atoms with E-state index in [1.165, 1.54) is 115 Å². The summed E-state index contributed by atoms with van der Waals surface area (Å²) in [6.45, 7) is 2.28. The molecule has 0 aliphatic rings. The molecule has 2 nitrogen and oxygen atoms in total. The van der Waals surface area contributed by atoms with Gasteiger partial charge in [0.25, 0.3) is 0 Å². The summed E-state index contributed by atoms with van der Waals surface area (Å²) in [4.78, 5) is 10.5. The highest BCUT2D eigenvalue weighted by molar-refractivity contribution is 5.85. The Morgan fingerprint density at radius 2 is 0.958 bits per heavy atom. The van der Waals surface area contributed by atoms with Crippen molar-refractivity contribution >= 4 is 5.91 Å². The molecular formula is C22H43NO. The summed E-state index contributed by atoms with van der Waals surface area (Å²) in [6, 6.07) is 0. The van der Waals surface area contributed by atoms with Gasteiger partial charge in [-0.25, -0.2) is 0 Å². The average molecular weight is 338 g/mol. The number of carbonyl (C=O) groups excluding carboxylic acids is 1. The normalized spacial score (nSPS) is 11.4. The monoisotopic (exact) mass is 337 g/mol. The van der Waals surface area contributed by atoms with E-state index in [0.717, 1.165) is 6.42 Å². The van der Waals surface area contributed by atoms with Crippen LogP contribution in [0.15, 0.2) is 12.2 Å². The molecule has 1 amide bonds. The van der Waals surface area contributed by atoms with Crippen LogP contribution in [0.1, 0.15) is 122 Å². The van der Waals surface area contributed by atoms with Gasteiger partial charge in [0.1, 0.15) is 0 Å². The van der Waals surface area contributed by atoms with Crippen LogP contribution in [0.5, 0.6) is 0 Å². The molecule has 142 valence electrons. The number of allylic oxidation sites excluding steroid dienone is 1. The van der Waals surface area contributed by atoms with Crippen LogP contribution >= 0.6 is 0 Å². The molecule has 2 heteroatoms. The number of primary amides is 1. The van der Waals surface area contributed by atoms with Gasteiger partial charge in [0.05, 0.1) is 0 Å². The van der Waals surface area contributed by atoms with E-state index in [9.17, 15) is 4.79 Å². The lowest BCUT2D eigenvalue weighted by molar-refractivity contribution is -0.113. The molecule has 0 saturated heterocycles. The number of unbranched alkanes of at least 4 members (excludes halogenated alkanes) is 17. The zero-order valence-electron chi connectivity index (χ0n) is 16.4. The lowest BCUT2D eigenvalue weighted by Gasteiger charge is -2.03. The zero-order valence-corrected chi connectivity index (χ0v) is 16.4. The maximum absolute atomic E-state index is 10.5. The number of nitrogens with two attached hydrogens (primary N) is 1. The molecule has 0 heterocycles. The molecule has 0 aliphatic carbocycles. The van der Waals surface area contributed by atoms with Crippen LogP contribution in [-0.4, -0.2) is 5.91 Å². The standard InChI is InChI=1S/C22H43NO/c1-2-3-4-5-6-7-8-9-10-11-12-13-14-15-16-17-18-19-20-21-22(23)24/h20-21H,2-19H2,1H3,(H2,23,24)/b21-20-. The van der Waals surface area contributed by atoms with Crippen LogP contribution in [0.25, 0.3) is 0 Å². The van der Waals surface area contributed by atoms with Gasteiger partial charge in [-0.05, 0) is 18.9 Å². The fourth-order valence-corrected chi connectivity index (χ4v) is 3.19. The second kappa shape index (κ2) is 20.3. The molecule has 0 spiro atoms. The third kappa shape index (κ3) is 21.2. The Balaban J connectivity index is 3.01. The molecule has 0 unspecified atom stereocenters. The first-order valence-corrected chi connectivity index (χ1v) is 10.7. The van der Waals surface area contributed by atoms with Gasteiger partial charge in [-0.2, -0.15) is 0 Å². The molecular weight excluding hydrogens is 294 g/mol. The highest BCUT2D eigenvalue weighted by Gasteiger charge is 1.94. The van der Waals surface area contributed by atoms with Gasteiger partial charge < -0.3 is 5.73 Å². The largest absolute Gasteiger partial charge is 0.366 e. The summed E-state index contributed by atoms with van der Waals surface area (Å²) in [5.41, 5.74) is 5.04. The molecule has 0 aliphatic heterocycles. The van der Waals surface area contributed by atoms with Crippen LogP contribution in [0, 0.1) is 0 Å². The fraction of sp³-hybridized carbons (Fsp3) is 0.864. The third-order valence-corrected chi connectivity index (χ3v) is 4.76. The predicted octanol–water partition coefficient (Wildman–Crippen LogP) is 7.07. The van der Waals surface area contributed by atoms with Crippen LogP contribution in [0.3, 0.4) is 0 Å². The first-order valence-electron chi connectivity index (χ1n) is 10.7. The quantitative estimate of drug-likeness (QED) is 0.199. The molecule has 0 bridgehead atoms. The highest BCUT2D eigenvalue weighted by atomic mass is 16.1. The Morgan fingerprint density at radius 1 is 0.625 bits per heavy atom. The Morgan fingerprint density at radius 3 is 1.29 bits per heavy atom. The Kier molecular flexibility index (Phi) is 19.6. The number of rotatable bonds is 19. The van der Waals surface area contributed by atoms with Crippen LogP contribution in [0.4, 0.5) is 0 Å². The van der Waals surface area contributed by atoms with Gasteiger partial charge in [0.2, 0.25) is 5.91 Å². The van der Waals surface area contributed by atoms with E-state index in [4.69, 9.17) is 5.73 Å². The van der Waals surface area contributed by atoms with Gasteiger partial charge in [0, 0.05) is 0 Å². The highest BCUT2D eigenvalue weighted by Crippen LogP contribution is 2.14. The summed E-state index contributed by atoms with van der Waals surface area (Å²) >= 11 is 0. The van der Waals surface area contributed by atoms with Crippen molar-refractivity contribution in [3.8, 4) is 0 Å². The van der Waals surface area contributed by atoms with E-state index in [0.29, 0.717) is 0 Å². The van der Waals surface area contributed by atoms with E-state index in [2.05, 4.69) is 6.92 Å². The third-order valence-electron chi connectivity index (χ3n) is 4.76. The summed E-state index contributed by atoms with van der Waals surface area (Å²) in [7, 11) is 0. The number of carbonyl (C=O) groups is 1. The maximum Gasteiger partial charge on any atom is 0.241 e. The lowest BCUT2D eigenvalue weighted by Crippen LogP contribution is -2.05. The maximum atomic E-state index is 10.5. The minimum atomic E-state index is -0.332. The molecule has 2 N–H and O–H groups in total. The molecule has 0 aromatic carbocycles. The SMILES string of the molecule is CCCCCCCCCCCCCCCCCCC/C=C\C(N)=O. The van der Waals surface area contributed by atoms with Crippen LogP contribution < -0.4 is 5.73 Å². The van der Waals surface area contributed by atoms with E-state index in [1.807, 2.05) is 6.08 Å². The van der Waals surface area contributed by atoms with Crippen molar-refractivity contribution in [1.29, 1.82) is 0 Å². The Bertz CT molecular complexity index is 286. The lowest BCUT2D eigenvalue weighted by atomic mass is 10.0. The zero-order chi connectivity index (χ0) is 17.7. The van der Waals surface area contributed by atoms with Crippen molar-refractivity contribution in [2.24, 2.45) is 5.73 Å². The molecule has 0 aromatic rings. The van der Waals surface area contributed by atoms with Crippen molar-refractivity contribution < 1.29 is 4.79 Å². The van der Waals surface area contributed by atoms with Crippen molar-refractivity contribution in [3.05, 3.63) is 12.2 Å². The second-order valence-electron chi connectivity index (χ2n) is 7.25. The minimum Gasteiger partial charge on any atom is -0.366 e. The minimum absolute atomic E-state index is 0.332. The molecule has 0 atom stereocenters. The first-order chi connectivity index (χ1) is 11.8. The number of hydrogen-bond acceptors (Lipinski definition) is 1. The van der Waals surface area contributed by atoms with Crippen molar-refractivity contribution in [2.75, 3.05) is 0 Å². The van der Waals surface area contributed by atoms with Crippen molar-refractivity contribution in [1.82, 2.24) is 0 Å². The van der Waals surface area contributed by atoms with Crippen LogP contribution in [0.2, 0.25) is 0 Å². The fourth-order valence-electron chi connectivity index (χ4n) is 3.19. The van der Waals surface area contributed by atoms with E-state index in [1.54, 1.807) is 0 Å². The summed E-state index contributed by atoms with van der Waals surface area (Å²) in [5, 5.41) is 0. The first kappa shape index (κ1) is 23.2. The van der Waals surface area contributed by atoms with Crippen molar-refractivity contribution in [3.63, 3.8) is 0 Å². The van der Waals surface area contributed by atoms with Gasteiger partial charge >= 0.3 is 0 Å². The predicted molar refractivity (Wildman–Crippen MR) is 107 cm³/mol. The van der Waals surface area contributed by atoms with Gasteiger partial charge in [-0.3, -0.25) is 4.79 Å². The van der Waals surface area contributed by atoms with Crippen molar-refractivity contribution in [2.45, 2.75) is 122 Å². The molecule has 0 fully saturated rings. The molecule has 24 heavy (non-hydrogen) atoms. The Labute approximate surface area is 151 Å². The molecule has 0 aromatic heterocycles. The van der Waals surface area contributed by atoms with Gasteiger partial charge in [-0.1, -0.05) is 116 Å². The average Bonchev–Trinajstić information content (AvgIpc) is 2.56. The smallest absolute Gasteiger partial charge is 0.241 e. The van der Waals surface area contributed by atoms with E-state index in [-0.39, 0.29) is 5.91 Å². The number of amides is 1. The second-order valence-corrected chi connectivity index (χ2v) is 7.25. The Hall–Kier alpha value is -0.790. The number of hydrogen-bond donors (Lipinski definition) is 1. The van der Waals surface area contributed by atoms with E-state index >= 15 is 0 Å². The van der Waals surface area contributed by atoms with Gasteiger partial charge in [0.15, 0.2) is 0 Å². The summed E-state index contributed by atoms with van der Waals surface area (Å²) in [6.07, 6.45) is 28.2. The molecule has 0 radical (unpaired) electrons. The topological polar surface area (TPSA) is 43.1 Å². The van der Waals surface area contributed by atoms with Crippen LogP contribution in [-0.2, 0) is 4.79 Å². The summed E-state index contributed by atoms with van der Waals surface area (Å²) in [5.74, 6) is -0.332. The van der Waals surface area contributed by atoms with E-state index < -0.39 is 0 Å².